The van der Waals surface area contributed by atoms with E-state index in [4.69, 9.17) is 0 Å². The van der Waals surface area contributed by atoms with Crippen LogP contribution in [0.5, 0.6) is 0 Å². The third-order valence-electron chi connectivity index (χ3n) is 7.23. The summed E-state index contributed by atoms with van der Waals surface area (Å²) in [5.41, 5.74) is 5.14. The Morgan fingerprint density at radius 3 is 1.83 bits per heavy atom. The summed E-state index contributed by atoms with van der Waals surface area (Å²) in [6, 6.07) is 30.1. The van der Waals surface area contributed by atoms with E-state index in [9.17, 15) is 0 Å². The van der Waals surface area contributed by atoms with Crippen LogP contribution < -0.4 is 0 Å². The first kappa shape index (κ1) is 18.7. The summed E-state index contributed by atoms with van der Waals surface area (Å²) in [5.74, 6) is 7.14. The number of hydrogen-bond donors (Lipinski definition) is 0. The van der Waals surface area contributed by atoms with E-state index in [0.717, 1.165) is 5.56 Å². The summed E-state index contributed by atoms with van der Waals surface area (Å²) in [7, 11) is 0. The molecule has 1 aliphatic rings. The van der Waals surface area contributed by atoms with Crippen molar-refractivity contribution in [3.8, 4) is 11.8 Å². The first-order chi connectivity index (χ1) is 14.4. The molecule has 0 fully saturated rings. The molecule has 0 atom stereocenters. The average molecular weight is 387 g/mol. The molecular formula is C30H26. The third kappa shape index (κ3) is 2.62. The van der Waals surface area contributed by atoms with Crippen LogP contribution in [0.1, 0.15) is 38.8 Å². The number of fused-ring (bicyclic) bond motifs is 2. The molecule has 0 heterocycles. The van der Waals surface area contributed by atoms with Gasteiger partial charge in [0.05, 0.1) is 0 Å². The fraction of sp³-hybridized carbons (Fsp3) is 0.200. The van der Waals surface area contributed by atoms with E-state index in [1.807, 2.05) is 0 Å². The van der Waals surface area contributed by atoms with Gasteiger partial charge in [0.15, 0.2) is 0 Å². The second kappa shape index (κ2) is 6.61. The molecule has 30 heavy (non-hydrogen) atoms. The number of benzene rings is 4. The summed E-state index contributed by atoms with van der Waals surface area (Å²) in [6.07, 6.45) is 0. The van der Waals surface area contributed by atoms with E-state index in [1.165, 1.54) is 38.3 Å². The van der Waals surface area contributed by atoms with Gasteiger partial charge in [0.2, 0.25) is 0 Å². The van der Waals surface area contributed by atoms with Crippen LogP contribution in [0.3, 0.4) is 0 Å². The minimum absolute atomic E-state index is 0.0247. The zero-order valence-corrected chi connectivity index (χ0v) is 18.1. The largest absolute Gasteiger partial charge is 0.0651 e. The van der Waals surface area contributed by atoms with Crippen molar-refractivity contribution < 1.29 is 0 Å². The number of rotatable bonds is 1. The molecule has 5 rings (SSSR count). The van der Waals surface area contributed by atoms with Crippen LogP contribution in [0.25, 0.3) is 27.1 Å². The van der Waals surface area contributed by atoms with Crippen molar-refractivity contribution in [3.05, 3.63) is 102 Å². The molecule has 0 heteroatoms. The van der Waals surface area contributed by atoms with Gasteiger partial charge in [-0.15, -0.1) is 0 Å². The number of allylic oxidation sites excluding steroid dienone is 2. The summed E-state index contributed by atoms with van der Waals surface area (Å²) in [6.45, 7) is 9.36. The Kier molecular flexibility index (Phi) is 4.12. The lowest BCUT2D eigenvalue weighted by atomic mass is 9.48. The second-order valence-electron chi connectivity index (χ2n) is 9.30. The molecule has 4 aromatic carbocycles. The Labute approximate surface area is 179 Å². The molecule has 0 bridgehead atoms. The Hall–Kier alpha value is -3.30. The van der Waals surface area contributed by atoms with Crippen LogP contribution in [0.15, 0.2) is 90.5 Å². The zero-order chi connectivity index (χ0) is 20.9. The molecule has 1 aliphatic carbocycles. The summed E-state index contributed by atoms with van der Waals surface area (Å²) in [5, 5.41) is 5.05. The highest BCUT2D eigenvalue weighted by Crippen LogP contribution is 2.64. The molecular weight excluding hydrogens is 360 g/mol. The van der Waals surface area contributed by atoms with Gasteiger partial charge in [0.25, 0.3) is 0 Å². The Balaban J connectivity index is 1.74. The highest BCUT2D eigenvalue weighted by atomic mass is 14.6. The van der Waals surface area contributed by atoms with Gasteiger partial charge in [-0.3, -0.25) is 0 Å². The predicted molar refractivity (Wildman–Crippen MR) is 129 cm³/mol. The summed E-state index contributed by atoms with van der Waals surface area (Å²) >= 11 is 0. The first-order valence-electron chi connectivity index (χ1n) is 10.6. The normalized spacial score (nSPS) is 16.8. The quantitative estimate of drug-likeness (QED) is 0.292. The molecule has 0 N–H and O–H groups in total. The van der Waals surface area contributed by atoms with E-state index in [0.29, 0.717) is 0 Å². The molecule has 4 aromatic rings. The van der Waals surface area contributed by atoms with Crippen LogP contribution in [0.4, 0.5) is 0 Å². The summed E-state index contributed by atoms with van der Waals surface area (Å²) in [4.78, 5) is 0. The molecule has 0 spiro atoms. The second-order valence-corrected chi connectivity index (χ2v) is 9.30. The molecule has 0 aromatic heterocycles. The maximum Gasteiger partial charge on any atom is 0.0327 e. The van der Waals surface area contributed by atoms with Crippen molar-refractivity contribution in [2.24, 2.45) is 10.8 Å². The van der Waals surface area contributed by atoms with Crippen LogP contribution in [-0.2, 0) is 0 Å². The highest BCUT2D eigenvalue weighted by molar-refractivity contribution is 5.99. The predicted octanol–water partition coefficient (Wildman–Crippen LogP) is 7.86. The first-order valence-corrected chi connectivity index (χ1v) is 10.6. The minimum atomic E-state index is 0.0247. The van der Waals surface area contributed by atoms with Crippen LogP contribution in [-0.4, -0.2) is 0 Å². The van der Waals surface area contributed by atoms with Crippen LogP contribution in [0.2, 0.25) is 0 Å². The maximum absolute atomic E-state index is 3.62. The van der Waals surface area contributed by atoms with Gasteiger partial charge in [-0.1, -0.05) is 118 Å². The minimum Gasteiger partial charge on any atom is -0.0651 e. The van der Waals surface area contributed by atoms with Gasteiger partial charge in [-0.25, -0.2) is 0 Å². The van der Waals surface area contributed by atoms with Crippen molar-refractivity contribution in [1.82, 2.24) is 0 Å². The molecule has 146 valence electrons. The van der Waals surface area contributed by atoms with Gasteiger partial charge in [0.1, 0.15) is 0 Å². The fourth-order valence-corrected chi connectivity index (χ4v) is 4.79. The number of hydrogen-bond acceptors (Lipinski definition) is 0. The molecule has 0 amide bonds. The van der Waals surface area contributed by atoms with Crippen molar-refractivity contribution in [2.45, 2.75) is 27.7 Å². The third-order valence-corrected chi connectivity index (χ3v) is 7.23. The Morgan fingerprint density at radius 2 is 1.10 bits per heavy atom. The maximum atomic E-state index is 3.62. The van der Waals surface area contributed by atoms with E-state index >= 15 is 0 Å². The average Bonchev–Trinajstić information content (AvgIpc) is 2.76. The van der Waals surface area contributed by atoms with E-state index in [2.05, 4.69) is 124 Å². The van der Waals surface area contributed by atoms with Crippen molar-refractivity contribution in [2.75, 3.05) is 0 Å². The fourth-order valence-electron chi connectivity index (χ4n) is 4.79. The van der Waals surface area contributed by atoms with Crippen molar-refractivity contribution >= 4 is 27.1 Å². The van der Waals surface area contributed by atoms with Gasteiger partial charge in [-0.2, -0.15) is 0 Å². The monoisotopic (exact) mass is 386 g/mol. The Bertz CT molecular complexity index is 1370. The summed E-state index contributed by atoms with van der Waals surface area (Å²) < 4.78 is 0. The lowest BCUT2D eigenvalue weighted by Gasteiger charge is -2.54. The molecule has 0 saturated heterocycles. The standard InChI is InChI=1S/C30H26/c1-29(2)27(20-19-23-14-9-13-21-11-5-7-16-24(21)23)28(30(29,3)4)26-18-10-15-22-12-6-8-17-25(22)26/h5-18H,1-4H3. The highest BCUT2D eigenvalue weighted by Gasteiger charge is 2.53. The zero-order valence-electron chi connectivity index (χ0n) is 18.1. The van der Waals surface area contributed by atoms with Gasteiger partial charge in [-0.05, 0) is 38.7 Å². The van der Waals surface area contributed by atoms with E-state index in [1.54, 1.807) is 0 Å². The van der Waals surface area contributed by atoms with Gasteiger partial charge >= 0.3 is 0 Å². The molecule has 0 unspecified atom stereocenters. The van der Waals surface area contributed by atoms with Crippen LogP contribution >= 0.6 is 0 Å². The van der Waals surface area contributed by atoms with Gasteiger partial charge < -0.3 is 0 Å². The molecule has 0 radical (unpaired) electrons. The van der Waals surface area contributed by atoms with Crippen LogP contribution in [0, 0.1) is 22.7 Å². The topological polar surface area (TPSA) is 0 Å². The van der Waals surface area contributed by atoms with E-state index < -0.39 is 0 Å². The molecule has 0 saturated carbocycles. The lowest BCUT2D eigenvalue weighted by molar-refractivity contribution is 0.193. The van der Waals surface area contributed by atoms with E-state index in [-0.39, 0.29) is 10.8 Å². The Morgan fingerprint density at radius 1 is 0.533 bits per heavy atom. The van der Waals surface area contributed by atoms with Crippen molar-refractivity contribution in [3.63, 3.8) is 0 Å². The van der Waals surface area contributed by atoms with Crippen molar-refractivity contribution in [1.29, 1.82) is 0 Å². The smallest absolute Gasteiger partial charge is 0.0327 e. The SMILES string of the molecule is CC1(C)C(C#Cc2cccc3ccccc23)=C(c2cccc3ccccc23)C1(C)C. The van der Waals surface area contributed by atoms with Gasteiger partial charge in [0, 0.05) is 22.0 Å². The molecule has 0 nitrogen and oxygen atoms in total. The lowest BCUT2D eigenvalue weighted by Crippen LogP contribution is -2.45. The molecule has 0 aliphatic heterocycles.